The predicted octanol–water partition coefficient (Wildman–Crippen LogP) is 8.68. The normalized spacial score (nSPS) is 11.1. The molecule has 0 aliphatic carbocycles. The standard InChI is InChI=1S/C16H33.4ClH.Sn/c1-3-5-7-9-11-13-15-16-14-12-10-8-6-4-2;;;;;/h1,3-16H2,2H3;4*1H;/q;;;;;+4/p-4. The molecule has 0 rings (SSSR count). The summed E-state index contributed by atoms with van der Waals surface area (Å²) in [5.41, 5.74) is 0. The zero-order chi connectivity index (χ0) is 16.4. The number of rotatable bonds is 13. The summed E-state index contributed by atoms with van der Waals surface area (Å²) in [6.07, 6.45) is 19.8. The van der Waals surface area contributed by atoms with Crippen LogP contribution in [0.4, 0.5) is 0 Å². The molecule has 0 bridgehead atoms. The van der Waals surface area contributed by atoms with Crippen molar-refractivity contribution in [2.45, 2.75) is 96.8 Å². The Labute approximate surface area is 152 Å². The summed E-state index contributed by atoms with van der Waals surface area (Å²) in [6, 6.07) is 0. The molecule has 0 spiro atoms. The third-order valence-electron chi connectivity index (χ3n) is 3.35. The average molecular weight is 486 g/mol. The Bertz CT molecular complexity index is 164. The Kier molecular flexibility index (Phi) is 24.0. The van der Waals surface area contributed by atoms with Crippen LogP contribution in [0.25, 0.3) is 0 Å². The van der Waals surface area contributed by atoms with Gasteiger partial charge in [0, 0.05) is 0 Å². The molecule has 0 N–H and O–H groups in total. The zero-order valence-corrected chi connectivity index (χ0v) is 19.5. The van der Waals surface area contributed by atoms with Gasteiger partial charge in [-0.15, -0.1) is 0 Å². The molecular formula is C16H33Cl4Sn. The molecule has 0 fully saturated rings. The second kappa shape index (κ2) is 20.0. The Morgan fingerprint density at radius 1 is 0.571 bits per heavy atom. The van der Waals surface area contributed by atoms with Crippen molar-refractivity contribution in [2.24, 2.45) is 0 Å². The summed E-state index contributed by atoms with van der Waals surface area (Å²) in [5, 5.41) is 0. The molecule has 21 heavy (non-hydrogen) atoms. The Morgan fingerprint density at radius 2 is 0.810 bits per heavy atom. The molecule has 0 aromatic rings. The van der Waals surface area contributed by atoms with E-state index in [0.29, 0.717) is 0 Å². The fourth-order valence-electron chi connectivity index (χ4n) is 2.19. The SMILES string of the molecule is [CH2]CCCCCCCCCCCCCCC.[Cl][Sn]([Cl])([Cl])[Cl]. The zero-order valence-electron chi connectivity index (χ0n) is 13.6. The van der Waals surface area contributed by atoms with E-state index in [9.17, 15) is 0 Å². The monoisotopic (exact) mass is 485 g/mol. The molecule has 0 aromatic carbocycles. The molecule has 0 amide bonds. The van der Waals surface area contributed by atoms with Crippen LogP contribution < -0.4 is 0 Å². The van der Waals surface area contributed by atoms with E-state index < -0.39 is 13.9 Å². The van der Waals surface area contributed by atoms with Crippen LogP contribution in [0.2, 0.25) is 0 Å². The van der Waals surface area contributed by atoms with E-state index in [-0.39, 0.29) is 0 Å². The van der Waals surface area contributed by atoms with Gasteiger partial charge in [-0.3, -0.25) is 0 Å². The molecule has 5 heteroatoms. The third kappa shape index (κ3) is 39.1. The van der Waals surface area contributed by atoms with Gasteiger partial charge in [-0.25, -0.2) is 0 Å². The topological polar surface area (TPSA) is 0 Å². The van der Waals surface area contributed by atoms with Crippen LogP contribution in [0.3, 0.4) is 0 Å². The summed E-state index contributed by atoms with van der Waals surface area (Å²) in [5.74, 6) is 0. The van der Waals surface area contributed by atoms with Gasteiger partial charge in [-0.1, -0.05) is 104 Å². The molecule has 0 atom stereocenters. The van der Waals surface area contributed by atoms with Crippen LogP contribution in [0.5, 0.6) is 0 Å². The first-order chi connectivity index (χ1) is 9.91. The Balaban J connectivity index is 0. The van der Waals surface area contributed by atoms with Gasteiger partial charge < -0.3 is 0 Å². The predicted molar refractivity (Wildman–Crippen MR) is 105 cm³/mol. The van der Waals surface area contributed by atoms with Gasteiger partial charge in [0.05, 0.1) is 0 Å². The van der Waals surface area contributed by atoms with Crippen molar-refractivity contribution in [1.82, 2.24) is 0 Å². The minimum atomic E-state index is -3.29. The average Bonchev–Trinajstić information content (AvgIpc) is 2.38. The van der Waals surface area contributed by atoms with Gasteiger partial charge in [0.25, 0.3) is 0 Å². The number of unbranched alkanes of at least 4 members (excludes halogenated alkanes) is 13. The van der Waals surface area contributed by atoms with E-state index in [1.165, 1.54) is 83.5 Å². The van der Waals surface area contributed by atoms with Crippen molar-refractivity contribution in [2.75, 3.05) is 0 Å². The van der Waals surface area contributed by atoms with Crippen molar-refractivity contribution in [3.05, 3.63) is 6.92 Å². The van der Waals surface area contributed by atoms with Gasteiger partial charge >= 0.3 is 49.6 Å². The van der Waals surface area contributed by atoms with Crippen LogP contribution in [-0.2, 0) is 0 Å². The molecule has 0 saturated carbocycles. The molecule has 0 aliphatic heterocycles. The summed E-state index contributed by atoms with van der Waals surface area (Å²) < 4.78 is 0. The van der Waals surface area contributed by atoms with E-state index in [0.717, 1.165) is 6.42 Å². The minimum absolute atomic E-state index is 1.12. The Hall–Kier alpha value is 1.96. The van der Waals surface area contributed by atoms with Crippen LogP contribution in [0.15, 0.2) is 0 Å². The maximum atomic E-state index is 5.04. The van der Waals surface area contributed by atoms with Crippen molar-refractivity contribution < 1.29 is 0 Å². The molecule has 0 aromatic heterocycles. The maximum absolute atomic E-state index is 5.04. The van der Waals surface area contributed by atoms with E-state index in [1.54, 1.807) is 0 Å². The summed E-state index contributed by atoms with van der Waals surface area (Å²) in [6.45, 7) is 6.16. The van der Waals surface area contributed by atoms with Crippen LogP contribution in [-0.4, -0.2) is 13.9 Å². The van der Waals surface area contributed by atoms with Crippen LogP contribution in [0.1, 0.15) is 96.8 Å². The second-order valence-electron chi connectivity index (χ2n) is 5.52. The van der Waals surface area contributed by atoms with Crippen molar-refractivity contribution in [1.29, 1.82) is 0 Å². The molecule has 0 unspecified atom stereocenters. The van der Waals surface area contributed by atoms with Crippen molar-refractivity contribution in [3.8, 4) is 0 Å². The fraction of sp³-hybridized carbons (Fsp3) is 0.938. The first-order valence-electron chi connectivity index (χ1n) is 8.46. The number of hydrogen-bond donors (Lipinski definition) is 0. The second-order valence-corrected chi connectivity index (χ2v) is 31.0. The molecule has 0 nitrogen and oxygen atoms in total. The molecule has 0 saturated heterocycles. The molecule has 1 radical (unpaired) electrons. The Morgan fingerprint density at radius 3 is 1.05 bits per heavy atom. The van der Waals surface area contributed by atoms with Gasteiger partial charge in [0.1, 0.15) is 0 Å². The number of halogens is 4. The first kappa shape index (κ1) is 25.2. The van der Waals surface area contributed by atoms with Gasteiger partial charge in [-0.2, -0.15) is 0 Å². The van der Waals surface area contributed by atoms with Gasteiger partial charge in [-0.05, 0) is 0 Å². The van der Waals surface area contributed by atoms with Crippen molar-refractivity contribution in [3.63, 3.8) is 0 Å². The van der Waals surface area contributed by atoms with Gasteiger partial charge in [0.2, 0.25) is 0 Å². The summed E-state index contributed by atoms with van der Waals surface area (Å²) in [7, 11) is 20.1. The number of hydrogen-bond acceptors (Lipinski definition) is 0. The summed E-state index contributed by atoms with van der Waals surface area (Å²) >= 11 is -3.29. The van der Waals surface area contributed by atoms with E-state index >= 15 is 0 Å². The van der Waals surface area contributed by atoms with E-state index in [1.807, 2.05) is 0 Å². The third-order valence-corrected chi connectivity index (χ3v) is 3.35. The van der Waals surface area contributed by atoms with Crippen LogP contribution >= 0.6 is 35.7 Å². The van der Waals surface area contributed by atoms with Crippen molar-refractivity contribution >= 4 is 49.6 Å². The molecule has 0 aliphatic rings. The fourth-order valence-corrected chi connectivity index (χ4v) is 2.19. The molecule has 129 valence electrons. The molecule has 0 heterocycles. The summed E-state index contributed by atoms with van der Waals surface area (Å²) in [4.78, 5) is 0. The van der Waals surface area contributed by atoms with E-state index in [2.05, 4.69) is 13.8 Å². The first-order valence-corrected chi connectivity index (χ1v) is 22.9. The molecular weight excluding hydrogens is 453 g/mol. The quantitative estimate of drug-likeness (QED) is 0.181. The van der Waals surface area contributed by atoms with E-state index in [4.69, 9.17) is 35.7 Å². The van der Waals surface area contributed by atoms with Crippen LogP contribution in [0, 0.1) is 6.92 Å². The van der Waals surface area contributed by atoms with Gasteiger partial charge in [0.15, 0.2) is 0 Å².